The average Bonchev–Trinajstić information content (AvgIpc) is 2.52. The summed E-state index contributed by atoms with van der Waals surface area (Å²) in [5.74, 6) is -1.62. The molecule has 0 saturated carbocycles. The SMILES string of the molecule is CC(C)c1ccc(C(=O)N2CC(C(=O)O)O[C@H](C)C2)cc1[N+](=O)[O-]. The molecule has 1 aromatic carbocycles. The van der Waals surface area contributed by atoms with Gasteiger partial charge in [0.1, 0.15) is 0 Å². The van der Waals surface area contributed by atoms with E-state index in [1.54, 1.807) is 19.1 Å². The molecular formula is C16H20N2O6. The first-order valence-corrected chi connectivity index (χ1v) is 7.66. The van der Waals surface area contributed by atoms with E-state index in [4.69, 9.17) is 9.84 Å². The highest BCUT2D eigenvalue weighted by Crippen LogP contribution is 2.28. The molecule has 0 bridgehead atoms. The summed E-state index contributed by atoms with van der Waals surface area (Å²) < 4.78 is 5.27. The molecule has 1 amide bonds. The Morgan fingerprint density at radius 3 is 2.58 bits per heavy atom. The summed E-state index contributed by atoms with van der Waals surface area (Å²) in [4.78, 5) is 35.8. The number of amides is 1. The predicted octanol–water partition coefficient (Wildman–Crippen LogP) is 2.03. The molecule has 1 heterocycles. The molecule has 0 aromatic heterocycles. The number of aliphatic carboxylic acids is 1. The number of nitrogens with zero attached hydrogens (tertiary/aromatic N) is 2. The Morgan fingerprint density at radius 1 is 1.38 bits per heavy atom. The van der Waals surface area contributed by atoms with E-state index in [1.165, 1.54) is 11.0 Å². The van der Waals surface area contributed by atoms with Crippen molar-refractivity contribution in [2.24, 2.45) is 0 Å². The van der Waals surface area contributed by atoms with E-state index in [0.717, 1.165) is 0 Å². The summed E-state index contributed by atoms with van der Waals surface area (Å²) in [6.45, 7) is 5.51. The van der Waals surface area contributed by atoms with E-state index in [0.29, 0.717) is 5.56 Å². The lowest BCUT2D eigenvalue weighted by Gasteiger charge is -2.35. The second-order valence-electron chi connectivity index (χ2n) is 6.17. The second-order valence-corrected chi connectivity index (χ2v) is 6.17. The number of nitro benzene ring substituents is 1. The zero-order valence-corrected chi connectivity index (χ0v) is 13.8. The zero-order chi connectivity index (χ0) is 18.0. The molecule has 1 aliphatic heterocycles. The summed E-state index contributed by atoms with van der Waals surface area (Å²) in [7, 11) is 0. The summed E-state index contributed by atoms with van der Waals surface area (Å²) in [5, 5.41) is 20.3. The summed E-state index contributed by atoms with van der Waals surface area (Å²) >= 11 is 0. The maximum atomic E-state index is 12.6. The zero-order valence-electron chi connectivity index (χ0n) is 13.8. The number of rotatable bonds is 4. The Bertz CT molecular complexity index is 673. The van der Waals surface area contributed by atoms with Crippen molar-refractivity contribution in [1.82, 2.24) is 4.90 Å². The molecule has 1 unspecified atom stereocenters. The van der Waals surface area contributed by atoms with Gasteiger partial charge in [-0.3, -0.25) is 14.9 Å². The Morgan fingerprint density at radius 2 is 2.04 bits per heavy atom. The standard InChI is InChI=1S/C16H20N2O6/c1-9(2)12-5-4-11(6-13(12)18(22)23)15(19)17-7-10(3)24-14(8-17)16(20)21/h4-6,9-10,14H,7-8H2,1-3H3,(H,20,21)/t10-,14?/m1/s1. The smallest absolute Gasteiger partial charge is 0.334 e. The minimum absolute atomic E-state index is 0.0469. The van der Waals surface area contributed by atoms with Crippen molar-refractivity contribution in [3.05, 3.63) is 39.4 Å². The fourth-order valence-corrected chi connectivity index (χ4v) is 2.76. The normalized spacial score (nSPS) is 20.9. The molecule has 130 valence electrons. The van der Waals surface area contributed by atoms with Crippen LogP contribution in [0.3, 0.4) is 0 Å². The third kappa shape index (κ3) is 3.70. The number of hydrogen-bond donors (Lipinski definition) is 1. The fraction of sp³-hybridized carbons (Fsp3) is 0.500. The van der Waals surface area contributed by atoms with Crippen molar-refractivity contribution >= 4 is 17.6 Å². The first kappa shape index (κ1) is 17.9. The van der Waals surface area contributed by atoms with Crippen LogP contribution in [0.2, 0.25) is 0 Å². The van der Waals surface area contributed by atoms with Gasteiger partial charge in [-0.15, -0.1) is 0 Å². The van der Waals surface area contributed by atoms with Crippen LogP contribution in [0.25, 0.3) is 0 Å². The fourth-order valence-electron chi connectivity index (χ4n) is 2.76. The Balaban J connectivity index is 2.30. The van der Waals surface area contributed by atoms with E-state index >= 15 is 0 Å². The second kappa shape index (κ2) is 6.96. The molecule has 1 saturated heterocycles. The topological polar surface area (TPSA) is 110 Å². The molecule has 24 heavy (non-hydrogen) atoms. The van der Waals surface area contributed by atoms with Gasteiger partial charge in [-0.1, -0.05) is 19.9 Å². The van der Waals surface area contributed by atoms with Crippen LogP contribution in [0.4, 0.5) is 5.69 Å². The van der Waals surface area contributed by atoms with Crippen molar-refractivity contribution in [1.29, 1.82) is 0 Å². The van der Waals surface area contributed by atoms with Crippen LogP contribution in [-0.2, 0) is 9.53 Å². The number of nitro groups is 1. The van der Waals surface area contributed by atoms with Crippen molar-refractivity contribution < 1.29 is 24.4 Å². The molecule has 1 aliphatic rings. The predicted molar refractivity (Wildman–Crippen MR) is 85.1 cm³/mol. The van der Waals surface area contributed by atoms with E-state index in [9.17, 15) is 19.7 Å². The molecule has 1 aromatic rings. The minimum Gasteiger partial charge on any atom is -0.479 e. The molecule has 2 rings (SSSR count). The van der Waals surface area contributed by atoms with Gasteiger partial charge >= 0.3 is 5.97 Å². The van der Waals surface area contributed by atoms with Gasteiger partial charge in [0.2, 0.25) is 0 Å². The number of morpholine rings is 1. The van der Waals surface area contributed by atoms with Gasteiger partial charge in [-0.25, -0.2) is 4.79 Å². The van der Waals surface area contributed by atoms with Gasteiger partial charge in [0.05, 0.1) is 17.6 Å². The van der Waals surface area contributed by atoms with Gasteiger partial charge in [0.15, 0.2) is 6.10 Å². The molecule has 8 nitrogen and oxygen atoms in total. The van der Waals surface area contributed by atoms with Crippen LogP contribution in [-0.4, -0.2) is 52.1 Å². The lowest BCUT2D eigenvalue weighted by molar-refractivity contribution is -0.385. The van der Waals surface area contributed by atoms with Crippen molar-refractivity contribution in [2.45, 2.75) is 38.9 Å². The van der Waals surface area contributed by atoms with Gasteiger partial charge in [-0.05, 0) is 18.9 Å². The average molecular weight is 336 g/mol. The Labute approximate surface area is 139 Å². The van der Waals surface area contributed by atoms with Crippen LogP contribution in [0, 0.1) is 10.1 Å². The number of benzene rings is 1. The van der Waals surface area contributed by atoms with E-state index < -0.39 is 29.0 Å². The molecule has 0 aliphatic carbocycles. The highest BCUT2D eigenvalue weighted by Gasteiger charge is 2.33. The Hall–Kier alpha value is -2.48. The van der Waals surface area contributed by atoms with Gasteiger partial charge in [0.25, 0.3) is 11.6 Å². The van der Waals surface area contributed by atoms with Crippen LogP contribution in [0.5, 0.6) is 0 Å². The maximum Gasteiger partial charge on any atom is 0.334 e. The molecular weight excluding hydrogens is 316 g/mol. The molecule has 0 spiro atoms. The summed E-state index contributed by atoms with van der Waals surface area (Å²) in [6.07, 6.45) is -1.52. The molecule has 2 atom stereocenters. The first-order chi connectivity index (χ1) is 11.2. The van der Waals surface area contributed by atoms with Crippen LogP contribution >= 0.6 is 0 Å². The number of carbonyl (C=O) groups is 2. The summed E-state index contributed by atoms with van der Waals surface area (Å²) in [5.41, 5.74) is 0.617. The number of hydrogen-bond acceptors (Lipinski definition) is 5. The molecule has 8 heteroatoms. The first-order valence-electron chi connectivity index (χ1n) is 7.66. The maximum absolute atomic E-state index is 12.6. The molecule has 1 fully saturated rings. The van der Waals surface area contributed by atoms with E-state index in [2.05, 4.69) is 0 Å². The van der Waals surface area contributed by atoms with Crippen molar-refractivity contribution in [3.8, 4) is 0 Å². The van der Waals surface area contributed by atoms with E-state index in [1.807, 2.05) is 13.8 Å². The molecule has 1 N–H and O–H groups in total. The largest absolute Gasteiger partial charge is 0.479 e. The third-order valence-corrected chi connectivity index (χ3v) is 3.92. The quantitative estimate of drug-likeness (QED) is 0.665. The Kier molecular flexibility index (Phi) is 5.18. The van der Waals surface area contributed by atoms with Crippen molar-refractivity contribution in [3.63, 3.8) is 0 Å². The lowest BCUT2D eigenvalue weighted by Crippen LogP contribution is -2.51. The van der Waals surface area contributed by atoms with Crippen LogP contribution < -0.4 is 0 Å². The van der Waals surface area contributed by atoms with Crippen LogP contribution in [0.1, 0.15) is 42.6 Å². The van der Waals surface area contributed by atoms with E-state index in [-0.39, 0.29) is 30.3 Å². The highest BCUT2D eigenvalue weighted by molar-refractivity contribution is 5.95. The van der Waals surface area contributed by atoms with Gasteiger partial charge < -0.3 is 14.7 Å². The number of carbonyl (C=O) groups excluding carboxylic acids is 1. The highest BCUT2D eigenvalue weighted by atomic mass is 16.6. The van der Waals surface area contributed by atoms with Gasteiger partial charge in [0, 0.05) is 23.7 Å². The van der Waals surface area contributed by atoms with Crippen molar-refractivity contribution in [2.75, 3.05) is 13.1 Å². The number of carboxylic acids is 1. The number of ether oxygens (including phenoxy) is 1. The number of carboxylic acid groups (broad SMARTS) is 1. The summed E-state index contributed by atoms with van der Waals surface area (Å²) in [6, 6.07) is 4.38. The third-order valence-electron chi connectivity index (χ3n) is 3.92. The monoisotopic (exact) mass is 336 g/mol. The van der Waals surface area contributed by atoms with Gasteiger partial charge in [-0.2, -0.15) is 0 Å². The lowest BCUT2D eigenvalue weighted by atomic mass is 9.98. The minimum atomic E-state index is -1.14. The van der Waals surface area contributed by atoms with Crippen LogP contribution in [0.15, 0.2) is 18.2 Å². The molecule has 0 radical (unpaired) electrons.